The van der Waals surface area contributed by atoms with Gasteiger partial charge in [-0.3, -0.25) is 0 Å². The first kappa shape index (κ1) is 23.1. The Hall–Kier alpha value is -5.09. The number of fused-ring (bicyclic) bond motifs is 3. The summed E-state index contributed by atoms with van der Waals surface area (Å²) in [5, 5.41) is 2.06. The van der Waals surface area contributed by atoms with Crippen LogP contribution in [-0.2, 0) is 6.42 Å². The van der Waals surface area contributed by atoms with Crippen molar-refractivity contribution in [3.8, 4) is 45.3 Å². The zero-order valence-electron chi connectivity index (χ0n) is 21.5. The molecule has 5 aromatic carbocycles. The maximum atomic E-state index is 6.15. The molecule has 4 heteroatoms. The molecular formula is C35H25N3O. The SMILES string of the molecule is CCc1ccc(-c2nc(-c3ccc(-c4ccccc4)cc3)nc(-c3cccc4oc5ccccc5c34)n2)cc1. The quantitative estimate of drug-likeness (QED) is 0.235. The molecule has 0 N–H and O–H groups in total. The fraction of sp³-hybridized carbons (Fsp3) is 0.0571. The summed E-state index contributed by atoms with van der Waals surface area (Å²) in [4.78, 5) is 14.9. The second-order valence-electron chi connectivity index (χ2n) is 9.58. The molecule has 0 radical (unpaired) electrons. The van der Waals surface area contributed by atoms with E-state index >= 15 is 0 Å². The Kier molecular flexibility index (Phi) is 5.71. The van der Waals surface area contributed by atoms with Gasteiger partial charge in [0.25, 0.3) is 0 Å². The summed E-state index contributed by atoms with van der Waals surface area (Å²) in [7, 11) is 0. The van der Waals surface area contributed by atoms with Gasteiger partial charge in [0.2, 0.25) is 0 Å². The van der Waals surface area contributed by atoms with Crippen molar-refractivity contribution in [3.63, 3.8) is 0 Å². The molecule has 4 nitrogen and oxygen atoms in total. The van der Waals surface area contributed by atoms with Crippen LogP contribution in [0, 0.1) is 0 Å². The van der Waals surface area contributed by atoms with E-state index in [1.165, 1.54) is 11.1 Å². The molecule has 0 aliphatic heterocycles. The molecule has 0 saturated heterocycles. The monoisotopic (exact) mass is 503 g/mol. The molecule has 7 aromatic rings. The van der Waals surface area contributed by atoms with Crippen molar-refractivity contribution < 1.29 is 4.42 Å². The molecule has 0 fully saturated rings. The second kappa shape index (κ2) is 9.66. The van der Waals surface area contributed by atoms with Gasteiger partial charge in [-0.25, -0.2) is 15.0 Å². The molecule has 0 spiro atoms. The third kappa shape index (κ3) is 4.26. The van der Waals surface area contributed by atoms with E-state index in [0.717, 1.165) is 50.6 Å². The van der Waals surface area contributed by atoms with Gasteiger partial charge in [0.05, 0.1) is 0 Å². The Morgan fingerprint density at radius 2 is 1.05 bits per heavy atom. The second-order valence-corrected chi connectivity index (χ2v) is 9.58. The summed E-state index contributed by atoms with van der Waals surface area (Å²) >= 11 is 0. The van der Waals surface area contributed by atoms with Crippen LogP contribution in [0.1, 0.15) is 12.5 Å². The highest BCUT2D eigenvalue weighted by Gasteiger charge is 2.17. The minimum absolute atomic E-state index is 0.624. The lowest BCUT2D eigenvalue weighted by Crippen LogP contribution is -2.00. The zero-order valence-corrected chi connectivity index (χ0v) is 21.5. The summed E-state index contributed by atoms with van der Waals surface area (Å²) in [5.41, 5.74) is 8.09. The van der Waals surface area contributed by atoms with Crippen molar-refractivity contribution in [2.75, 3.05) is 0 Å². The van der Waals surface area contributed by atoms with E-state index in [1.807, 2.05) is 36.4 Å². The topological polar surface area (TPSA) is 51.8 Å². The van der Waals surface area contributed by atoms with Crippen LogP contribution in [0.3, 0.4) is 0 Å². The third-order valence-corrected chi connectivity index (χ3v) is 7.15. The van der Waals surface area contributed by atoms with E-state index in [9.17, 15) is 0 Å². The van der Waals surface area contributed by atoms with E-state index < -0.39 is 0 Å². The predicted octanol–water partition coefficient (Wildman–Crippen LogP) is 9.00. The van der Waals surface area contributed by atoms with Gasteiger partial charge in [-0.1, -0.05) is 116 Å². The molecule has 0 aliphatic carbocycles. The van der Waals surface area contributed by atoms with Gasteiger partial charge in [-0.05, 0) is 35.2 Å². The van der Waals surface area contributed by atoms with Crippen LogP contribution >= 0.6 is 0 Å². The molecule has 0 amide bonds. The predicted molar refractivity (Wildman–Crippen MR) is 158 cm³/mol. The minimum atomic E-state index is 0.624. The van der Waals surface area contributed by atoms with Crippen LogP contribution in [-0.4, -0.2) is 15.0 Å². The molecule has 0 atom stereocenters. The smallest absolute Gasteiger partial charge is 0.164 e. The summed E-state index contributed by atoms with van der Waals surface area (Å²) < 4.78 is 6.15. The molecule has 39 heavy (non-hydrogen) atoms. The standard InChI is InChI=1S/C35H25N3O/c1-2-23-15-17-26(18-16-23)33-36-34(27-21-19-25(20-22-27)24-9-4-3-5-10-24)38-35(37-33)29-12-8-14-31-32(29)28-11-6-7-13-30(28)39-31/h3-22H,2H2,1H3. The maximum absolute atomic E-state index is 6.15. The highest BCUT2D eigenvalue weighted by atomic mass is 16.3. The highest BCUT2D eigenvalue weighted by Crippen LogP contribution is 2.36. The maximum Gasteiger partial charge on any atom is 0.164 e. The van der Waals surface area contributed by atoms with Crippen molar-refractivity contribution in [2.45, 2.75) is 13.3 Å². The van der Waals surface area contributed by atoms with Gasteiger partial charge in [0, 0.05) is 27.5 Å². The van der Waals surface area contributed by atoms with Gasteiger partial charge in [-0.2, -0.15) is 0 Å². The lowest BCUT2D eigenvalue weighted by molar-refractivity contribution is 0.669. The van der Waals surface area contributed by atoms with Crippen molar-refractivity contribution in [2.24, 2.45) is 0 Å². The van der Waals surface area contributed by atoms with Crippen molar-refractivity contribution in [3.05, 3.63) is 127 Å². The van der Waals surface area contributed by atoms with Crippen molar-refractivity contribution in [1.82, 2.24) is 15.0 Å². The van der Waals surface area contributed by atoms with Crippen LogP contribution in [0.25, 0.3) is 67.2 Å². The number of hydrogen-bond donors (Lipinski definition) is 0. The molecule has 2 heterocycles. The van der Waals surface area contributed by atoms with E-state index in [1.54, 1.807) is 0 Å². The number of furan rings is 1. The number of para-hydroxylation sites is 1. The van der Waals surface area contributed by atoms with Gasteiger partial charge >= 0.3 is 0 Å². The third-order valence-electron chi connectivity index (χ3n) is 7.15. The van der Waals surface area contributed by atoms with Crippen molar-refractivity contribution >= 4 is 21.9 Å². The number of nitrogens with zero attached hydrogens (tertiary/aromatic N) is 3. The number of benzene rings is 5. The number of aryl methyl sites for hydroxylation is 1. The fourth-order valence-corrected chi connectivity index (χ4v) is 5.05. The lowest BCUT2D eigenvalue weighted by atomic mass is 10.0. The fourth-order valence-electron chi connectivity index (χ4n) is 5.05. The molecule has 0 aliphatic rings. The normalized spacial score (nSPS) is 11.3. The Morgan fingerprint density at radius 1 is 0.487 bits per heavy atom. The summed E-state index contributed by atoms with van der Waals surface area (Å²) in [6.07, 6.45) is 0.983. The molecule has 186 valence electrons. The Morgan fingerprint density at radius 3 is 1.77 bits per heavy atom. The lowest BCUT2D eigenvalue weighted by Gasteiger charge is -2.10. The molecule has 0 unspecified atom stereocenters. The van der Waals surface area contributed by atoms with Gasteiger partial charge in [-0.15, -0.1) is 0 Å². The summed E-state index contributed by atoms with van der Waals surface area (Å²) in [5.74, 6) is 1.91. The molecule has 2 aromatic heterocycles. The first-order chi connectivity index (χ1) is 19.3. The van der Waals surface area contributed by atoms with E-state index in [0.29, 0.717) is 17.5 Å². The highest BCUT2D eigenvalue weighted by molar-refractivity contribution is 6.11. The first-order valence-corrected chi connectivity index (χ1v) is 13.2. The van der Waals surface area contributed by atoms with Crippen LogP contribution < -0.4 is 0 Å². The Balaban J connectivity index is 1.42. The average molecular weight is 504 g/mol. The van der Waals surface area contributed by atoms with E-state index in [2.05, 4.69) is 91.9 Å². The minimum Gasteiger partial charge on any atom is -0.456 e. The van der Waals surface area contributed by atoms with E-state index in [-0.39, 0.29) is 0 Å². The largest absolute Gasteiger partial charge is 0.456 e. The van der Waals surface area contributed by atoms with Gasteiger partial charge in [0.1, 0.15) is 11.2 Å². The molecular weight excluding hydrogens is 478 g/mol. The summed E-state index contributed by atoms with van der Waals surface area (Å²) in [6.45, 7) is 2.16. The zero-order chi connectivity index (χ0) is 26.2. The van der Waals surface area contributed by atoms with Crippen molar-refractivity contribution in [1.29, 1.82) is 0 Å². The molecule has 0 saturated carbocycles. The number of aromatic nitrogens is 3. The first-order valence-electron chi connectivity index (χ1n) is 13.2. The van der Waals surface area contributed by atoms with Gasteiger partial charge in [0.15, 0.2) is 17.5 Å². The Bertz CT molecular complexity index is 1920. The van der Waals surface area contributed by atoms with Crippen LogP contribution in [0.15, 0.2) is 126 Å². The van der Waals surface area contributed by atoms with Gasteiger partial charge < -0.3 is 4.42 Å². The molecule has 0 bridgehead atoms. The van der Waals surface area contributed by atoms with Crippen LogP contribution in [0.4, 0.5) is 0 Å². The van der Waals surface area contributed by atoms with Crippen LogP contribution in [0.2, 0.25) is 0 Å². The molecule has 7 rings (SSSR count). The van der Waals surface area contributed by atoms with E-state index in [4.69, 9.17) is 19.4 Å². The Labute approximate surface area is 226 Å². The number of hydrogen-bond acceptors (Lipinski definition) is 4. The summed E-state index contributed by atoms with van der Waals surface area (Å²) in [6, 6.07) is 41.4. The van der Waals surface area contributed by atoms with Crippen LogP contribution in [0.5, 0.6) is 0 Å². The number of rotatable bonds is 5. The average Bonchev–Trinajstić information content (AvgIpc) is 3.40.